The summed E-state index contributed by atoms with van der Waals surface area (Å²) < 4.78 is 5.86. The molecule has 0 aliphatic heterocycles. The number of rotatable bonds is 8. The van der Waals surface area contributed by atoms with E-state index in [0.717, 1.165) is 24.8 Å². The molecule has 0 bridgehead atoms. The van der Waals surface area contributed by atoms with Crippen LogP contribution < -0.4 is 26.8 Å². The average molecular weight is 396 g/mol. The Hall–Kier alpha value is -3.06. The molecular formula is C22H28N4O3. The minimum Gasteiger partial charge on any atom is -0.457 e. The van der Waals surface area contributed by atoms with E-state index in [4.69, 9.17) is 16.2 Å². The molecule has 1 fully saturated rings. The van der Waals surface area contributed by atoms with Crippen molar-refractivity contribution in [2.75, 3.05) is 6.54 Å². The third-order valence-corrected chi connectivity index (χ3v) is 5.25. The minimum absolute atomic E-state index is 0.0888. The van der Waals surface area contributed by atoms with Gasteiger partial charge in [-0.1, -0.05) is 36.8 Å². The molecule has 1 aliphatic carbocycles. The Kier molecular flexibility index (Phi) is 7.08. The zero-order valence-electron chi connectivity index (χ0n) is 16.3. The average Bonchev–Trinajstić information content (AvgIpc) is 3.15. The molecule has 1 saturated carbocycles. The molecule has 0 saturated heterocycles. The van der Waals surface area contributed by atoms with Gasteiger partial charge in [-0.3, -0.25) is 4.79 Å². The highest BCUT2D eigenvalue weighted by Gasteiger charge is 2.28. The molecule has 29 heavy (non-hydrogen) atoms. The Morgan fingerprint density at radius 1 is 1.07 bits per heavy atom. The van der Waals surface area contributed by atoms with Crippen molar-refractivity contribution in [2.24, 2.45) is 17.4 Å². The van der Waals surface area contributed by atoms with Crippen molar-refractivity contribution in [2.45, 2.75) is 37.8 Å². The number of primary amides is 1. The second kappa shape index (κ2) is 9.93. The standard InChI is InChI=1S/C22H28N4O3/c23-14-16-7-5-11-19(16)25-21(27)13-20(26-22(24)28)15-6-4-10-18(12-15)29-17-8-2-1-3-9-17/h1-4,6,8-10,12,16,19-20H,5,7,11,13-14,23H2,(H,25,27)(H3,24,26,28). The maximum atomic E-state index is 12.6. The maximum absolute atomic E-state index is 12.6. The van der Waals surface area contributed by atoms with Crippen molar-refractivity contribution >= 4 is 11.9 Å². The zero-order chi connectivity index (χ0) is 20.6. The molecule has 3 atom stereocenters. The van der Waals surface area contributed by atoms with Gasteiger partial charge in [0, 0.05) is 6.04 Å². The zero-order valence-corrected chi connectivity index (χ0v) is 16.3. The van der Waals surface area contributed by atoms with Crippen LogP contribution in [-0.2, 0) is 4.79 Å². The van der Waals surface area contributed by atoms with Crippen molar-refractivity contribution in [3.05, 3.63) is 60.2 Å². The molecule has 7 heteroatoms. The molecule has 2 aromatic carbocycles. The summed E-state index contributed by atoms with van der Waals surface area (Å²) in [7, 11) is 0. The SMILES string of the molecule is NCC1CCCC1NC(=O)CC(NC(N)=O)c1cccc(Oc2ccccc2)c1. The van der Waals surface area contributed by atoms with E-state index >= 15 is 0 Å². The number of carbonyl (C=O) groups is 2. The van der Waals surface area contributed by atoms with Gasteiger partial charge in [-0.25, -0.2) is 4.79 Å². The van der Waals surface area contributed by atoms with Gasteiger partial charge in [0.2, 0.25) is 5.91 Å². The van der Waals surface area contributed by atoms with Crippen LogP contribution in [0.1, 0.15) is 37.3 Å². The lowest BCUT2D eigenvalue weighted by molar-refractivity contribution is -0.122. The molecule has 0 spiro atoms. The second-order valence-electron chi connectivity index (χ2n) is 7.35. The number of ether oxygens (including phenoxy) is 1. The first kappa shape index (κ1) is 20.7. The third-order valence-electron chi connectivity index (χ3n) is 5.25. The maximum Gasteiger partial charge on any atom is 0.312 e. The molecule has 0 radical (unpaired) electrons. The molecule has 3 unspecified atom stereocenters. The van der Waals surface area contributed by atoms with Crippen LogP contribution in [0, 0.1) is 5.92 Å². The van der Waals surface area contributed by atoms with Crippen LogP contribution in [0.25, 0.3) is 0 Å². The van der Waals surface area contributed by atoms with Gasteiger partial charge in [0.25, 0.3) is 0 Å². The number of nitrogens with one attached hydrogen (secondary N) is 2. The van der Waals surface area contributed by atoms with Crippen molar-refractivity contribution < 1.29 is 14.3 Å². The number of amides is 3. The molecule has 3 amide bonds. The molecule has 7 nitrogen and oxygen atoms in total. The van der Waals surface area contributed by atoms with E-state index in [1.807, 2.05) is 48.5 Å². The lowest BCUT2D eigenvalue weighted by atomic mass is 10.0. The largest absolute Gasteiger partial charge is 0.457 e. The number of para-hydroxylation sites is 1. The van der Waals surface area contributed by atoms with Crippen molar-refractivity contribution in [1.29, 1.82) is 0 Å². The van der Waals surface area contributed by atoms with Crippen LogP contribution in [0.5, 0.6) is 11.5 Å². The highest BCUT2D eigenvalue weighted by atomic mass is 16.5. The van der Waals surface area contributed by atoms with E-state index in [1.165, 1.54) is 0 Å². The van der Waals surface area contributed by atoms with E-state index in [9.17, 15) is 9.59 Å². The number of nitrogens with two attached hydrogens (primary N) is 2. The normalized spacial score (nSPS) is 19.3. The molecule has 3 rings (SSSR count). The van der Waals surface area contributed by atoms with Crippen LogP contribution in [0.2, 0.25) is 0 Å². The Morgan fingerprint density at radius 2 is 1.83 bits per heavy atom. The summed E-state index contributed by atoms with van der Waals surface area (Å²) >= 11 is 0. The summed E-state index contributed by atoms with van der Waals surface area (Å²) in [6, 6.07) is 15.5. The quantitative estimate of drug-likeness (QED) is 0.548. The monoisotopic (exact) mass is 396 g/mol. The first-order chi connectivity index (χ1) is 14.0. The van der Waals surface area contributed by atoms with E-state index in [2.05, 4.69) is 10.6 Å². The van der Waals surface area contributed by atoms with Crippen LogP contribution in [0.3, 0.4) is 0 Å². The Labute approximate surface area is 170 Å². The van der Waals surface area contributed by atoms with Gasteiger partial charge >= 0.3 is 6.03 Å². The molecule has 6 N–H and O–H groups in total. The molecule has 0 heterocycles. The highest BCUT2D eigenvalue weighted by Crippen LogP contribution is 2.27. The molecule has 1 aliphatic rings. The fourth-order valence-corrected chi connectivity index (χ4v) is 3.80. The molecule has 154 valence electrons. The number of urea groups is 1. The Balaban J connectivity index is 1.70. The summed E-state index contributed by atoms with van der Waals surface area (Å²) in [5.41, 5.74) is 11.9. The molecule has 2 aromatic rings. The van der Waals surface area contributed by atoms with Crippen LogP contribution >= 0.6 is 0 Å². The van der Waals surface area contributed by atoms with E-state index in [-0.39, 0.29) is 18.4 Å². The van der Waals surface area contributed by atoms with Crippen LogP contribution in [0.4, 0.5) is 4.79 Å². The second-order valence-corrected chi connectivity index (χ2v) is 7.35. The van der Waals surface area contributed by atoms with Gasteiger partial charge in [-0.05, 0) is 55.1 Å². The summed E-state index contributed by atoms with van der Waals surface area (Å²) in [6.07, 6.45) is 3.12. The lowest BCUT2D eigenvalue weighted by Crippen LogP contribution is -2.42. The van der Waals surface area contributed by atoms with Crippen molar-refractivity contribution in [3.8, 4) is 11.5 Å². The fraction of sp³-hybridized carbons (Fsp3) is 0.364. The first-order valence-electron chi connectivity index (χ1n) is 9.93. The van der Waals surface area contributed by atoms with E-state index < -0.39 is 12.1 Å². The minimum atomic E-state index is -0.683. The van der Waals surface area contributed by atoms with Crippen molar-refractivity contribution in [1.82, 2.24) is 10.6 Å². The van der Waals surface area contributed by atoms with Crippen molar-refractivity contribution in [3.63, 3.8) is 0 Å². The topological polar surface area (TPSA) is 119 Å². The predicted octanol–water partition coefficient (Wildman–Crippen LogP) is 2.82. The lowest BCUT2D eigenvalue weighted by Gasteiger charge is -2.22. The summed E-state index contributed by atoms with van der Waals surface area (Å²) in [5.74, 6) is 1.49. The number of carbonyl (C=O) groups excluding carboxylic acids is 2. The summed E-state index contributed by atoms with van der Waals surface area (Å²) in [4.78, 5) is 24.1. The van der Waals surface area contributed by atoms with Gasteiger partial charge in [0.1, 0.15) is 11.5 Å². The van der Waals surface area contributed by atoms with Crippen LogP contribution in [-0.4, -0.2) is 24.5 Å². The van der Waals surface area contributed by atoms with Gasteiger partial charge in [-0.2, -0.15) is 0 Å². The van der Waals surface area contributed by atoms with E-state index in [0.29, 0.717) is 24.0 Å². The summed E-state index contributed by atoms with van der Waals surface area (Å²) in [5, 5.41) is 5.73. The first-order valence-corrected chi connectivity index (χ1v) is 9.93. The predicted molar refractivity (Wildman–Crippen MR) is 111 cm³/mol. The third kappa shape index (κ3) is 5.96. The van der Waals surface area contributed by atoms with Crippen LogP contribution in [0.15, 0.2) is 54.6 Å². The molecular weight excluding hydrogens is 368 g/mol. The van der Waals surface area contributed by atoms with Gasteiger partial charge < -0.3 is 26.8 Å². The number of benzene rings is 2. The van der Waals surface area contributed by atoms with E-state index in [1.54, 1.807) is 6.07 Å². The Bertz CT molecular complexity index is 828. The number of hydrogen-bond donors (Lipinski definition) is 4. The Morgan fingerprint density at radius 3 is 2.55 bits per heavy atom. The molecule has 0 aromatic heterocycles. The van der Waals surface area contributed by atoms with Gasteiger partial charge in [-0.15, -0.1) is 0 Å². The fourth-order valence-electron chi connectivity index (χ4n) is 3.80. The van der Waals surface area contributed by atoms with Gasteiger partial charge in [0.15, 0.2) is 0 Å². The smallest absolute Gasteiger partial charge is 0.312 e. The highest BCUT2D eigenvalue weighted by molar-refractivity contribution is 5.79. The van der Waals surface area contributed by atoms with Gasteiger partial charge in [0.05, 0.1) is 12.5 Å². The number of hydrogen-bond acceptors (Lipinski definition) is 4. The summed E-state index contributed by atoms with van der Waals surface area (Å²) in [6.45, 7) is 0.562.